The van der Waals surface area contributed by atoms with E-state index in [1.54, 1.807) is 47.4 Å². The maximum Gasteiger partial charge on any atom is 0.259 e. The summed E-state index contributed by atoms with van der Waals surface area (Å²) in [5.41, 5.74) is 0.891. The molecule has 1 spiro atoms. The van der Waals surface area contributed by atoms with Crippen LogP contribution in [0.4, 0.5) is 0 Å². The van der Waals surface area contributed by atoms with E-state index in [9.17, 15) is 14.4 Å². The van der Waals surface area contributed by atoms with Crippen molar-refractivity contribution in [1.29, 1.82) is 0 Å². The largest absolute Gasteiger partial charge is 0.318 e. The summed E-state index contributed by atoms with van der Waals surface area (Å²) in [6.07, 6.45) is 7.91. The molecule has 0 bridgehead atoms. The minimum Gasteiger partial charge on any atom is -0.318 e. The van der Waals surface area contributed by atoms with Gasteiger partial charge in [-0.05, 0) is 29.9 Å². The third-order valence-electron chi connectivity index (χ3n) is 5.20. The zero-order valence-electron chi connectivity index (χ0n) is 15.7. The second-order valence-corrected chi connectivity index (χ2v) is 6.91. The molecule has 1 aliphatic heterocycles. The van der Waals surface area contributed by atoms with Crippen LogP contribution in [-0.4, -0.2) is 34.5 Å². The van der Waals surface area contributed by atoms with Crippen molar-refractivity contribution in [2.45, 2.75) is 5.54 Å². The second-order valence-electron chi connectivity index (χ2n) is 6.91. The predicted molar refractivity (Wildman–Crippen MR) is 112 cm³/mol. The van der Waals surface area contributed by atoms with Crippen molar-refractivity contribution in [3.8, 4) is 0 Å². The molecule has 0 saturated heterocycles. The van der Waals surface area contributed by atoms with Gasteiger partial charge >= 0.3 is 0 Å². The predicted octanol–water partition coefficient (Wildman–Crippen LogP) is 3.79. The number of nitrogens with zero attached hydrogens (tertiary/aromatic N) is 1. The third-order valence-corrected chi connectivity index (χ3v) is 5.20. The monoisotopic (exact) mass is 381 g/mol. The van der Waals surface area contributed by atoms with Crippen LogP contribution in [0, 0.1) is 0 Å². The molecule has 0 fully saturated rings. The molecule has 2 aromatic rings. The Hall–Kier alpha value is -3.79. The minimum absolute atomic E-state index is 0.118. The number of hydrogen-bond donors (Lipinski definition) is 0. The number of ketones is 2. The van der Waals surface area contributed by atoms with Gasteiger partial charge in [-0.15, -0.1) is 6.58 Å². The molecule has 4 rings (SSSR count). The lowest BCUT2D eigenvalue weighted by Crippen LogP contribution is -2.46. The summed E-state index contributed by atoms with van der Waals surface area (Å²) in [5.74, 6) is -0.864. The zero-order valence-corrected chi connectivity index (χ0v) is 15.7. The van der Waals surface area contributed by atoms with Gasteiger partial charge in [-0.3, -0.25) is 14.4 Å². The summed E-state index contributed by atoms with van der Waals surface area (Å²) >= 11 is 0. The number of carbonyl (C=O) groups is 3. The molecule has 0 radical (unpaired) electrons. The molecule has 4 nitrogen and oxygen atoms in total. The van der Waals surface area contributed by atoms with E-state index in [1.807, 2.05) is 36.4 Å². The fraction of sp³-hybridized carbons (Fsp3) is 0.0800. The summed E-state index contributed by atoms with van der Waals surface area (Å²) in [7, 11) is 0. The van der Waals surface area contributed by atoms with Crippen LogP contribution in [0.25, 0.3) is 5.57 Å². The first kappa shape index (κ1) is 18.6. The molecule has 2 aromatic carbocycles. The van der Waals surface area contributed by atoms with Gasteiger partial charge in [-0.1, -0.05) is 66.7 Å². The first-order valence-corrected chi connectivity index (χ1v) is 9.34. The van der Waals surface area contributed by atoms with Gasteiger partial charge in [0, 0.05) is 17.7 Å². The minimum atomic E-state index is -1.01. The number of carbonyl (C=O) groups excluding carboxylic acids is 3. The normalized spacial score (nSPS) is 17.3. The van der Waals surface area contributed by atoms with E-state index >= 15 is 0 Å². The molecule has 4 heteroatoms. The summed E-state index contributed by atoms with van der Waals surface area (Å²) in [6.45, 7) is 4.00. The highest BCUT2D eigenvalue weighted by Crippen LogP contribution is 2.46. The van der Waals surface area contributed by atoms with Gasteiger partial charge in [0.25, 0.3) is 5.91 Å². The van der Waals surface area contributed by atoms with Crippen molar-refractivity contribution in [3.05, 3.63) is 114 Å². The first-order chi connectivity index (χ1) is 14.1. The summed E-state index contributed by atoms with van der Waals surface area (Å²) in [4.78, 5) is 40.4. The molecule has 142 valence electrons. The lowest BCUT2D eigenvalue weighted by Gasteiger charge is -2.37. The van der Waals surface area contributed by atoms with Crippen molar-refractivity contribution in [2.24, 2.45) is 0 Å². The fourth-order valence-corrected chi connectivity index (χ4v) is 3.91. The van der Waals surface area contributed by atoms with Crippen molar-refractivity contribution in [3.63, 3.8) is 0 Å². The van der Waals surface area contributed by atoms with E-state index in [0.717, 1.165) is 5.56 Å². The van der Waals surface area contributed by atoms with Crippen LogP contribution in [0.15, 0.2) is 103 Å². The molecule has 1 heterocycles. The molecular formula is C25H19NO3. The van der Waals surface area contributed by atoms with Crippen LogP contribution in [-0.2, 0) is 9.59 Å². The number of hydrogen-bond acceptors (Lipinski definition) is 3. The summed E-state index contributed by atoms with van der Waals surface area (Å²) in [5, 5.41) is 0. The Bertz CT molecular complexity index is 1080. The molecule has 0 N–H and O–H groups in total. The standard InChI is InChI=1S/C25H19NO3/c1-2-17-26-24(29)21(23(28)19-11-7-4-8-12-19)22(18-9-5-3-6-10-18)25(26)15-13-20(27)14-16-25/h2-16H,1,17H2. The van der Waals surface area contributed by atoms with Crippen LogP contribution in [0.2, 0.25) is 0 Å². The van der Waals surface area contributed by atoms with E-state index in [-0.39, 0.29) is 29.6 Å². The molecule has 0 atom stereocenters. The molecule has 0 unspecified atom stereocenters. The van der Waals surface area contributed by atoms with Crippen molar-refractivity contribution in [2.75, 3.05) is 6.54 Å². The summed E-state index contributed by atoms with van der Waals surface area (Å²) < 4.78 is 0. The molecule has 1 amide bonds. The Morgan fingerprint density at radius 1 is 0.931 bits per heavy atom. The Labute approximate surface area is 169 Å². The van der Waals surface area contributed by atoms with Gasteiger partial charge in [0.15, 0.2) is 11.6 Å². The van der Waals surface area contributed by atoms with Crippen LogP contribution >= 0.6 is 0 Å². The van der Waals surface area contributed by atoms with Gasteiger partial charge in [0.2, 0.25) is 0 Å². The second kappa shape index (κ2) is 7.32. The molecular weight excluding hydrogens is 362 g/mol. The highest BCUT2D eigenvalue weighted by molar-refractivity contribution is 6.33. The molecule has 2 aliphatic rings. The smallest absolute Gasteiger partial charge is 0.259 e. The Morgan fingerprint density at radius 3 is 2.10 bits per heavy atom. The van der Waals surface area contributed by atoms with Crippen LogP contribution < -0.4 is 0 Å². The number of amides is 1. The van der Waals surface area contributed by atoms with Gasteiger partial charge in [0.05, 0.1) is 5.57 Å². The Balaban J connectivity index is 2.01. The maximum atomic E-state index is 13.5. The van der Waals surface area contributed by atoms with Gasteiger partial charge in [-0.2, -0.15) is 0 Å². The highest BCUT2D eigenvalue weighted by atomic mass is 16.2. The first-order valence-electron chi connectivity index (χ1n) is 9.34. The van der Waals surface area contributed by atoms with E-state index in [4.69, 9.17) is 0 Å². The van der Waals surface area contributed by atoms with Crippen LogP contribution in [0.3, 0.4) is 0 Å². The van der Waals surface area contributed by atoms with E-state index in [2.05, 4.69) is 6.58 Å². The van der Waals surface area contributed by atoms with Crippen molar-refractivity contribution < 1.29 is 14.4 Å². The fourth-order valence-electron chi connectivity index (χ4n) is 3.91. The van der Waals surface area contributed by atoms with Gasteiger partial charge < -0.3 is 4.90 Å². The van der Waals surface area contributed by atoms with E-state index in [0.29, 0.717) is 11.1 Å². The van der Waals surface area contributed by atoms with Crippen LogP contribution in [0.5, 0.6) is 0 Å². The highest BCUT2D eigenvalue weighted by Gasteiger charge is 2.51. The summed E-state index contributed by atoms with van der Waals surface area (Å²) in [6, 6.07) is 18.1. The van der Waals surface area contributed by atoms with Crippen molar-refractivity contribution >= 4 is 23.0 Å². The van der Waals surface area contributed by atoms with Crippen LogP contribution in [0.1, 0.15) is 15.9 Å². The average Bonchev–Trinajstić information content (AvgIpc) is 2.99. The number of rotatable bonds is 5. The Kier molecular flexibility index (Phi) is 4.69. The number of Topliss-reactive ketones (excluding diaryl/α,β-unsaturated/α-hetero) is 1. The SMILES string of the molecule is C=CCN1C(=O)C(C(=O)c2ccccc2)=C(c2ccccc2)C12C=CC(=O)C=C2. The van der Waals surface area contributed by atoms with Gasteiger partial charge in [-0.25, -0.2) is 0 Å². The third kappa shape index (κ3) is 2.99. The quantitative estimate of drug-likeness (QED) is 0.450. The molecule has 29 heavy (non-hydrogen) atoms. The number of allylic oxidation sites excluding steroid dienone is 2. The van der Waals surface area contributed by atoms with E-state index < -0.39 is 5.54 Å². The number of benzene rings is 2. The maximum absolute atomic E-state index is 13.5. The average molecular weight is 381 g/mol. The Morgan fingerprint density at radius 2 is 1.52 bits per heavy atom. The molecule has 0 saturated carbocycles. The van der Waals surface area contributed by atoms with Gasteiger partial charge in [0.1, 0.15) is 5.54 Å². The van der Waals surface area contributed by atoms with E-state index in [1.165, 1.54) is 12.2 Å². The van der Waals surface area contributed by atoms with Crippen molar-refractivity contribution in [1.82, 2.24) is 4.90 Å². The lowest BCUT2D eigenvalue weighted by molar-refractivity contribution is -0.126. The zero-order chi connectivity index (χ0) is 20.4. The molecule has 0 aromatic heterocycles. The molecule has 1 aliphatic carbocycles. The topological polar surface area (TPSA) is 54.5 Å². The lowest BCUT2D eigenvalue weighted by atomic mass is 9.80.